The number of hydrogen-bond donors (Lipinski definition) is 1. The quantitative estimate of drug-likeness (QED) is 0.800. The number of fused-ring (bicyclic) bond motifs is 1. The minimum atomic E-state index is -0.125. The Kier molecular flexibility index (Phi) is 6.38. The molecular weight excluding hydrogens is 338 g/mol. The van der Waals surface area contributed by atoms with E-state index in [2.05, 4.69) is 25.2 Å². The Balaban J connectivity index is 1.45. The number of aryl methyl sites for hydroxylation is 3. The minimum absolute atomic E-state index is 0.0322. The van der Waals surface area contributed by atoms with E-state index in [0.717, 1.165) is 24.3 Å². The van der Waals surface area contributed by atoms with Crippen molar-refractivity contribution in [2.24, 2.45) is 0 Å². The third-order valence-electron chi connectivity index (χ3n) is 5.10. The van der Waals surface area contributed by atoms with Crippen molar-refractivity contribution in [3.63, 3.8) is 0 Å². The molecule has 0 bridgehead atoms. The van der Waals surface area contributed by atoms with E-state index in [9.17, 15) is 4.79 Å². The molecule has 0 heterocycles. The lowest BCUT2D eigenvalue weighted by Gasteiger charge is -2.20. The number of nitrogens with one attached hydrogen (secondary N) is 1. The summed E-state index contributed by atoms with van der Waals surface area (Å²) in [5, 5.41) is 2.94. The third kappa shape index (κ3) is 5.25. The molecule has 2 aromatic carbocycles. The zero-order valence-corrected chi connectivity index (χ0v) is 16.5. The second kappa shape index (κ2) is 8.94. The van der Waals surface area contributed by atoms with Gasteiger partial charge in [0, 0.05) is 0 Å². The SMILES string of the molecule is Cc1ccc(OC[C@H](C)NC(=O)COc2cccc3c2CCCC3)cc1C. The Hall–Kier alpha value is -2.49. The van der Waals surface area contributed by atoms with Gasteiger partial charge in [-0.1, -0.05) is 18.2 Å². The zero-order chi connectivity index (χ0) is 19.2. The highest BCUT2D eigenvalue weighted by molar-refractivity contribution is 5.77. The first kappa shape index (κ1) is 19.3. The maximum Gasteiger partial charge on any atom is 0.258 e. The zero-order valence-electron chi connectivity index (χ0n) is 16.5. The molecule has 144 valence electrons. The predicted octanol–water partition coefficient (Wildman–Crippen LogP) is 4.14. The summed E-state index contributed by atoms with van der Waals surface area (Å²) in [6.07, 6.45) is 4.56. The van der Waals surface area contributed by atoms with Crippen LogP contribution in [-0.2, 0) is 17.6 Å². The average molecular weight is 367 g/mol. The Morgan fingerprint density at radius 2 is 1.89 bits per heavy atom. The van der Waals surface area contributed by atoms with Crippen LogP contribution in [0.5, 0.6) is 11.5 Å². The lowest BCUT2D eigenvalue weighted by Crippen LogP contribution is -2.39. The topological polar surface area (TPSA) is 47.6 Å². The van der Waals surface area contributed by atoms with Crippen molar-refractivity contribution in [2.75, 3.05) is 13.2 Å². The smallest absolute Gasteiger partial charge is 0.258 e. The van der Waals surface area contributed by atoms with Crippen LogP contribution in [0.2, 0.25) is 0 Å². The van der Waals surface area contributed by atoms with Gasteiger partial charge in [0.1, 0.15) is 18.1 Å². The van der Waals surface area contributed by atoms with Gasteiger partial charge < -0.3 is 14.8 Å². The standard InChI is InChI=1S/C23H29NO3/c1-16-11-12-20(13-17(16)2)26-14-18(3)24-23(25)15-27-22-10-6-8-19-7-4-5-9-21(19)22/h6,8,10-13,18H,4-5,7,9,14-15H2,1-3H3,(H,24,25)/t18-/m0/s1. The summed E-state index contributed by atoms with van der Waals surface area (Å²) in [5.74, 6) is 1.55. The number of carbonyl (C=O) groups excluding carboxylic acids is 1. The molecule has 0 unspecified atom stereocenters. The van der Waals surface area contributed by atoms with Crippen LogP contribution >= 0.6 is 0 Å². The minimum Gasteiger partial charge on any atom is -0.491 e. The van der Waals surface area contributed by atoms with Crippen molar-refractivity contribution >= 4 is 5.91 Å². The van der Waals surface area contributed by atoms with Gasteiger partial charge in [-0.3, -0.25) is 4.79 Å². The molecular formula is C23H29NO3. The van der Waals surface area contributed by atoms with E-state index in [0.29, 0.717) is 6.61 Å². The molecule has 4 nitrogen and oxygen atoms in total. The normalized spacial score (nSPS) is 14.2. The van der Waals surface area contributed by atoms with Crippen LogP contribution in [-0.4, -0.2) is 25.2 Å². The van der Waals surface area contributed by atoms with Crippen LogP contribution in [0, 0.1) is 13.8 Å². The summed E-state index contributed by atoms with van der Waals surface area (Å²) in [6, 6.07) is 12.1. The first-order valence-corrected chi connectivity index (χ1v) is 9.76. The maximum atomic E-state index is 12.2. The predicted molar refractivity (Wildman–Crippen MR) is 108 cm³/mol. The van der Waals surface area contributed by atoms with Crippen LogP contribution in [0.1, 0.15) is 42.0 Å². The highest BCUT2D eigenvalue weighted by Crippen LogP contribution is 2.29. The summed E-state index contributed by atoms with van der Waals surface area (Å²) in [6.45, 7) is 6.53. The van der Waals surface area contributed by atoms with Crippen molar-refractivity contribution in [3.05, 3.63) is 58.7 Å². The number of carbonyl (C=O) groups is 1. The lowest BCUT2D eigenvalue weighted by molar-refractivity contribution is -0.123. The van der Waals surface area contributed by atoms with Crippen molar-refractivity contribution in [2.45, 2.75) is 52.5 Å². The highest BCUT2D eigenvalue weighted by atomic mass is 16.5. The van der Waals surface area contributed by atoms with Gasteiger partial charge in [0.05, 0.1) is 6.04 Å². The Bertz CT molecular complexity index is 800. The lowest BCUT2D eigenvalue weighted by atomic mass is 9.91. The molecule has 1 N–H and O–H groups in total. The average Bonchev–Trinajstić information content (AvgIpc) is 2.67. The van der Waals surface area contributed by atoms with E-state index in [-0.39, 0.29) is 18.6 Å². The molecule has 27 heavy (non-hydrogen) atoms. The van der Waals surface area contributed by atoms with Gasteiger partial charge in [-0.2, -0.15) is 0 Å². The number of amides is 1. The molecule has 0 aromatic heterocycles. The second-order valence-electron chi connectivity index (χ2n) is 7.42. The molecule has 0 radical (unpaired) electrons. The van der Waals surface area contributed by atoms with Crippen molar-refractivity contribution < 1.29 is 14.3 Å². The molecule has 1 aliphatic carbocycles. The summed E-state index contributed by atoms with van der Waals surface area (Å²) in [4.78, 5) is 12.2. The van der Waals surface area contributed by atoms with Crippen LogP contribution in [0.25, 0.3) is 0 Å². The van der Waals surface area contributed by atoms with Gasteiger partial charge in [-0.05, 0) is 86.9 Å². The van der Waals surface area contributed by atoms with Gasteiger partial charge in [-0.15, -0.1) is 0 Å². The molecule has 2 aromatic rings. The van der Waals surface area contributed by atoms with E-state index in [1.807, 2.05) is 37.3 Å². The van der Waals surface area contributed by atoms with Crippen LogP contribution in [0.4, 0.5) is 0 Å². The molecule has 0 fully saturated rings. The van der Waals surface area contributed by atoms with E-state index in [1.165, 1.54) is 35.1 Å². The largest absolute Gasteiger partial charge is 0.491 e. The van der Waals surface area contributed by atoms with E-state index >= 15 is 0 Å². The molecule has 3 rings (SSSR count). The third-order valence-corrected chi connectivity index (χ3v) is 5.10. The fourth-order valence-electron chi connectivity index (χ4n) is 3.41. The maximum absolute atomic E-state index is 12.2. The molecule has 4 heteroatoms. The van der Waals surface area contributed by atoms with Crippen LogP contribution < -0.4 is 14.8 Å². The first-order valence-electron chi connectivity index (χ1n) is 9.76. The number of ether oxygens (including phenoxy) is 2. The molecule has 1 atom stereocenters. The Labute approximate surface area is 161 Å². The van der Waals surface area contributed by atoms with Gasteiger partial charge in [-0.25, -0.2) is 0 Å². The van der Waals surface area contributed by atoms with Gasteiger partial charge in [0.25, 0.3) is 5.91 Å². The first-order chi connectivity index (χ1) is 13.0. The van der Waals surface area contributed by atoms with E-state index in [4.69, 9.17) is 9.47 Å². The Morgan fingerprint density at radius 3 is 2.70 bits per heavy atom. The van der Waals surface area contributed by atoms with Crippen molar-refractivity contribution in [1.29, 1.82) is 0 Å². The summed E-state index contributed by atoms with van der Waals surface area (Å²) in [7, 11) is 0. The van der Waals surface area contributed by atoms with E-state index < -0.39 is 0 Å². The number of benzene rings is 2. The van der Waals surface area contributed by atoms with Gasteiger partial charge in [0.2, 0.25) is 0 Å². The molecule has 0 saturated carbocycles. The van der Waals surface area contributed by atoms with Crippen LogP contribution in [0.3, 0.4) is 0 Å². The number of hydrogen-bond acceptors (Lipinski definition) is 3. The highest BCUT2D eigenvalue weighted by Gasteiger charge is 2.15. The van der Waals surface area contributed by atoms with Gasteiger partial charge >= 0.3 is 0 Å². The molecule has 0 saturated heterocycles. The number of rotatable bonds is 7. The van der Waals surface area contributed by atoms with Gasteiger partial charge in [0.15, 0.2) is 6.61 Å². The molecule has 0 spiro atoms. The van der Waals surface area contributed by atoms with Crippen molar-refractivity contribution in [3.8, 4) is 11.5 Å². The summed E-state index contributed by atoms with van der Waals surface area (Å²) < 4.78 is 11.6. The Morgan fingerprint density at radius 1 is 1.07 bits per heavy atom. The molecule has 1 amide bonds. The van der Waals surface area contributed by atoms with Crippen LogP contribution in [0.15, 0.2) is 36.4 Å². The fourth-order valence-corrected chi connectivity index (χ4v) is 3.41. The van der Waals surface area contributed by atoms with E-state index in [1.54, 1.807) is 0 Å². The fraction of sp³-hybridized carbons (Fsp3) is 0.435. The summed E-state index contributed by atoms with van der Waals surface area (Å²) in [5.41, 5.74) is 5.06. The van der Waals surface area contributed by atoms with Crippen molar-refractivity contribution in [1.82, 2.24) is 5.32 Å². The monoisotopic (exact) mass is 367 g/mol. The molecule has 0 aliphatic heterocycles. The molecule has 1 aliphatic rings. The second-order valence-corrected chi connectivity index (χ2v) is 7.42. The summed E-state index contributed by atoms with van der Waals surface area (Å²) >= 11 is 0.